The van der Waals surface area contributed by atoms with Crippen LogP contribution in [0.2, 0.25) is 0 Å². The van der Waals surface area contributed by atoms with E-state index in [0.717, 1.165) is 15.7 Å². The molecular formula is C24H17BrN4O2. The number of nitrogens with one attached hydrogen (secondary N) is 1. The number of carbonyl (C=O) groups excluding carboxylic acids is 1. The topological polar surface area (TPSA) is 83.8 Å². The largest absolute Gasteiger partial charge is 0.467 e. The monoisotopic (exact) mass is 472 g/mol. The van der Waals surface area contributed by atoms with Crippen LogP contribution in [-0.4, -0.2) is 15.7 Å². The number of furan rings is 1. The molecule has 0 aliphatic rings. The maximum absolute atomic E-state index is 12.6. The molecule has 0 aliphatic heterocycles. The van der Waals surface area contributed by atoms with Crippen LogP contribution in [0, 0.1) is 11.3 Å². The lowest BCUT2D eigenvalue weighted by atomic mass is 10.1. The Morgan fingerprint density at radius 2 is 1.90 bits per heavy atom. The molecule has 0 bridgehead atoms. The quantitative estimate of drug-likeness (QED) is 0.311. The first-order valence-electron chi connectivity index (χ1n) is 9.47. The molecule has 0 radical (unpaired) electrons. The van der Waals surface area contributed by atoms with E-state index in [0.29, 0.717) is 17.0 Å². The van der Waals surface area contributed by atoms with Gasteiger partial charge in [-0.2, -0.15) is 10.4 Å². The number of hydrogen-bond acceptors (Lipinski definition) is 4. The summed E-state index contributed by atoms with van der Waals surface area (Å²) < 4.78 is 7.91. The number of carbonyl (C=O) groups is 1. The van der Waals surface area contributed by atoms with Crippen molar-refractivity contribution in [2.45, 2.75) is 6.54 Å². The Morgan fingerprint density at radius 1 is 1.13 bits per heavy atom. The summed E-state index contributed by atoms with van der Waals surface area (Å²) in [4.78, 5) is 12.6. The Balaban J connectivity index is 1.70. The van der Waals surface area contributed by atoms with E-state index in [2.05, 4.69) is 21.2 Å². The Labute approximate surface area is 187 Å². The summed E-state index contributed by atoms with van der Waals surface area (Å²) in [5, 5.41) is 17.0. The summed E-state index contributed by atoms with van der Waals surface area (Å²) in [6.45, 7) is 0.202. The van der Waals surface area contributed by atoms with Crippen LogP contribution in [0.5, 0.6) is 0 Å². The van der Waals surface area contributed by atoms with Crippen molar-refractivity contribution in [2.24, 2.45) is 0 Å². The smallest absolute Gasteiger partial charge is 0.262 e. The maximum atomic E-state index is 12.6. The summed E-state index contributed by atoms with van der Waals surface area (Å²) in [7, 11) is 0. The number of nitriles is 1. The van der Waals surface area contributed by atoms with Gasteiger partial charge in [-0.15, -0.1) is 0 Å². The number of rotatable bonds is 6. The zero-order chi connectivity index (χ0) is 21.6. The molecular weight excluding hydrogens is 456 g/mol. The van der Waals surface area contributed by atoms with E-state index in [1.165, 1.54) is 6.26 Å². The maximum Gasteiger partial charge on any atom is 0.262 e. The van der Waals surface area contributed by atoms with Gasteiger partial charge in [0.05, 0.1) is 24.2 Å². The van der Waals surface area contributed by atoms with E-state index in [1.807, 2.05) is 66.9 Å². The average molecular weight is 473 g/mol. The second-order valence-corrected chi connectivity index (χ2v) is 7.57. The number of amides is 1. The van der Waals surface area contributed by atoms with Crippen LogP contribution in [0.1, 0.15) is 11.3 Å². The zero-order valence-corrected chi connectivity index (χ0v) is 17.9. The van der Waals surface area contributed by atoms with E-state index >= 15 is 0 Å². The molecule has 0 unspecified atom stereocenters. The first-order valence-corrected chi connectivity index (χ1v) is 10.3. The predicted octanol–water partition coefficient (Wildman–Crippen LogP) is 5.12. The minimum absolute atomic E-state index is 0.0162. The van der Waals surface area contributed by atoms with Gasteiger partial charge in [0.1, 0.15) is 17.4 Å². The molecule has 0 atom stereocenters. The van der Waals surface area contributed by atoms with Crippen molar-refractivity contribution in [1.82, 2.24) is 15.1 Å². The molecule has 152 valence electrons. The molecule has 0 fully saturated rings. The third-order valence-electron chi connectivity index (χ3n) is 4.55. The van der Waals surface area contributed by atoms with Gasteiger partial charge < -0.3 is 9.73 Å². The summed E-state index contributed by atoms with van der Waals surface area (Å²) in [6, 6.07) is 22.9. The molecule has 2 heterocycles. The van der Waals surface area contributed by atoms with Gasteiger partial charge in [-0.1, -0.05) is 46.3 Å². The molecule has 1 amide bonds. The SMILES string of the molecule is N#C/C(=C\c1cn(-c2ccccc2)nc1-c1ccc(Br)cc1)C(=O)NCc1ccco1. The molecule has 31 heavy (non-hydrogen) atoms. The molecule has 7 heteroatoms. The molecule has 2 aromatic heterocycles. The molecule has 0 saturated carbocycles. The van der Waals surface area contributed by atoms with Gasteiger partial charge in [0.2, 0.25) is 0 Å². The van der Waals surface area contributed by atoms with Crippen molar-refractivity contribution in [1.29, 1.82) is 5.26 Å². The molecule has 4 rings (SSSR count). The Morgan fingerprint density at radius 3 is 2.58 bits per heavy atom. The molecule has 0 saturated heterocycles. The van der Waals surface area contributed by atoms with Gasteiger partial charge in [0.25, 0.3) is 5.91 Å². The van der Waals surface area contributed by atoms with Gasteiger partial charge in [-0.05, 0) is 42.5 Å². The Hall–Kier alpha value is -3.89. The highest BCUT2D eigenvalue weighted by molar-refractivity contribution is 9.10. The Bertz CT molecular complexity index is 1250. The first-order chi connectivity index (χ1) is 15.1. The second kappa shape index (κ2) is 9.28. The number of nitrogens with zero attached hydrogens (tertiary/aromatic N) is 3. The van der Waals surface area contributed by atoms with Crippen molar-refractivity contribution < 1.29 is 9.21 Å². The normalized spacial score (nSPS) is 11.2. The van der Waals surface area contributed by atoms with Gasteiger partial charge in [-0.25, -0.2) is 4.68 Å². The third-order valence-corrected chi connectivity index (χ3v) is 5.08. The van der Waals surface area contributed by atoms with Crippen molar-refractivity contribution in [3.05, 3.63) is 101 Å². The minimum Gasteiger partial charge on any atom is -0.467 e. The zero-order valence-electron chi connectivity index (χ0n) is 16.3. The van der Waals surface area contributed by atoms with Crippen LogP contribution in [0.4, 0.5) is 0 Å². The predicted molar refractivity (Wildman–Crippen MR) is 121 cm³/mol. The second-order valence-electron chi connectivity index (χ2n) is 6.65. The van der Waals surface area contributed by atoms with Crippen LogP contribution < -0.4 is 5.32 Å². The number of aromatic nitrogens is 2. The summed E-state index contributed by atoms with van der Waals surface area (Å²) in [5.74, 6) is 0.131. The summed E-state index contributed by atoms with van der Waals surface area (Å²) >= 11 is 3.44. The van der Waals surface area contributed by atoms with Crippen molar-refractivity contribution in [3.63, 3.8) is 0 Å². The van der Waals surface area contributed by atoms with Gasteiger partial charge in [-0.3, -0.25) is 4.79 Å². The van der Waals surface area contributed by atoms with Gasteiger partial charge in [0, 0.05) is 21.8 Å². The van der Waals surface area contributed by atoms with E-state index in [4.69, 9.17) is 9.52 Å². The van der Waals surface area contributed by atoms with E-state index in [-0.39, 0.29) is 12.1 Å². The third kappa shape index (κ3) is 4.82. The summed E-state index contributed by atoms with van der Waals surface area (Å²) in [5.41, 5.74) is 3.06. The average Bonchev–Trinajstić information content (AvgIpc) is 3.47. The summed E-state index contributed by atoms with van der Waals surface area (Å²) in [6.07, 6.45) is 4.90. The van der Waals surface area contributed by atoms with Crippen molar-refractivity contribution in [2.75, 3.05) is 0 Å². The van der Waals surface area contributed by atoms with Gasteiger partial charge in [0.15, 0.2) is 0 Å². The van der Waals surface area contributed by atoms with E-state index in [1.54, 1.807) is 22.9 Å². The molecule has 6 nitrogen and oxygen atoms in total. The molecule has 1 N–H and O–H groups in total. The fraction of sp³-hybridized carbons (Fsp3) is 0.0417. The highest BCUT2D eigenvalue weighted by Crippen LogP contribution is 2.27. The van der Waals surface area contributed by atoms with E-state index < -0.39 is 5.91 Å². The highest BCUT2D eigenvalue weighted by Gasteiger charge is 2.15. The molecule has 4 aromatic rings. The van der Waals surface area contributed by atoms with E-state index in [9.17, 15) is 10.1 Å². The number of benzene rings is 2. The first kappa shape index (κ1) is 20.4. The standard InChI is InChI=1S/C24H17BrN4O2/c25-20-10-8-17(9-11-20)23-19(16-29(28-23)21-5-2-1-3-6-21)13-18(14-26)24(30)27-15-22-7-4-12-31-22/h1-13,16H,15H2,(H,27,30)/b18-13+. The van der Waals surface area contributed by atoms with Crippen LogP contribution in [0.25, 0.3) is 23.0 Å². The minimum atomic E-state index is -0.479. The van der Waals surface area contributed by atoms with Crippen LogP contribution >= 0.6 is 15.9 Å². The fourth-order valence-corrected chi connectivity index (χ4v) is 3.28. The van der Waals surface area contributed by atoms with Crippen LogP contribution in [0.3, 0.4) is 0 Å². The van der Waals surface area contributed by atoms with Gasteiger partial charge >= 0.3 is 0 Å². The lowest BCUT2D eigenvalue weighted by Gasteiger charge is -2.03. The Kier molecular flexibility index (Phi) is 6.11. The molecule has 0 spiro atoms. The van der Waals surface area contributed by atoms with Crippen molar-refractivity contribution in [3.8, 4) is 23.0 Å². The number of para-hydroxylation sites is 1. The van der Waals surface area contributed by atoms with Crippen LogP contribution in [0.15, 0.2) is 93.7 Å². The lowest BCUT2D eigenvalue weighted by Crippen LogP contribution is -2.23. The molecule has 0 aliphatic carbocycles. The highest BCUT2D eigenvalue weighted by atomic mass is 79.9. The lowest BCUT2D eigenvalue weighted by molar-refractivity contribution is -0.117. The van der Waals surface area contributed by atoms with Crippen LogP contribution in [-0.2, 0) is 11.3 Å². The number of hydrogen-bond donors (Lipinski definition) is 1. The molecule has 2 aromatic carbocycles. The van der Waals surface area contributed by atoms with Crippen molar-refractivity contribution >= 4 is 27.9 Å². The number of halogens is 1. The fourth-order valence-electron chi connectivity index (χ4n) is 3.02.